The maximum atomic E-state index is 11.4. The van der Waals surface area contributed by atoms with Crippen LogP contribution in [0.5, 0.6) is 0 Å². The maximum absolute atomic E-state index is 11.4. The standard InChI is InChI=1S/C13H14Cl2N2O2S/c1-2-3-12-16-13(20(15,18)19)9-17(12)8-10-4-6-11(14)7-5-10/h4-7,9H,2-3,8H2,1H3. The highest BCUT2D eigenvalue weighted by Gasteiger charge is 2.17. The summed E-state index contributed by atoms with van der Waals surface area (Å²) in [6, 6.07) is 7.39. The number of rotatable bonds is 5. The summed E-state index contributed by atoms with van der Waals surface area (Å²) < 4.78 is 24.6. The summed E-state index contributed by atoms with van der Waals surface area (Å²) in [5.41, 5.74) is 1.02. The molecule has 0 N–H and O–H groups in total. The second-order valence-electron chi connectivity index (χ2n) is 4.44. The summed E-state index contributed by atoms with van der Waals surface area (Å²) in [6.45, 7) is 2.54. The third kappa shape index (κ3) is 3.75. The Hall–Kier alpha value is -1.04. The van der Waals surface area contributed by atoms with Crippen LogP contribution in [0.1, 0.15) is 24.7 Å². The van der Waals surface area contributed by atoms with Gasteiger partial charge < -0.3 is 4.57 Å². The van der Waals surface area contributed by atoms with Crippen LogP contribution in [0.3, 0.4) is 0 Å². The molecule has 0 saturated carbocycles. The van der Waals surface area contributed by atoms with Gasteiger partial charge in [-0.15, -0.1) is 0 Å². The zero-order valence-corrected chi connectivity index (χ0v) is 13.2. The van der Waals surface area contributed by atoms with Gasteiger partial charge in [0.2, 0.25) is 0 Å². The Balaban J connectivity index is 2.34. The van der Waals surface area contributed by atoms with Crippen LogP contribution in [0.4, 0.5) is 0 Å². The van der Waals surface area contributed by atoms with E-state index in [0.717, 1.165) is 12.0 Å². The van der Waals surface area contributed by atoms with Gasteiger partial charge in [-0.25, -0.2) is 13.4 Å². The van der Waals surface area contributed by atoms with Gasteiger partial charge in [-0.05, 0) is 24.1 Å². The predicted octanol–water partition coefficient (Wildman–Crippen LogP) is 3.46. The van der Waals surface area contributed by atoms with Crippen LogP contribution in [0.25, 0.3) is 0 Å². The molecule has 108 valence electrons. The molecule has 20 heavy (non-hydrogen) atoms. The number of benzene rings is 1. The second kappa shape index (κ2) is 6.16. The van der Waals surface area contributed by atoms with E-state index in [1.54, 1.807) is 12.1 Å². The average molecular weight is 333 g/mol. The molecule has 2 aromatic rings. The minimum Gasteiger partial charge on any atom is -0.329 e. The Kier molecular flexibility index (Phi) is 4.73. The molecular weight excluding hydrogens is 319 g/mol. The molecule has 2 rings (SSSR count). The molecule has 0 unspecified atom stereocenters. The van der Waals surface area contributed by atoms with E-state index in [2.05, 4.69) is 4.98 Å². The van der Waals surface area contributed by atoms with Gasteiger partial charge in [-0.1, -0.05) is 30.7 Å². The van der Waals surface area contributed by atoms with E-state index in [9.17, 15) is 8.42 Å². The van der Waals surface area contributed by atoms with Gasteiger partial charge in [0.1, 0.15) is 5.82 Å². The number of halogens is 2. The third-order valence-corrected chi connectivity index (χ3v) is 4.25. The molecule has 0 spiro atoms. The zero-order chi connectivity index (χ0) is 14.8. The first kappa shape index (κ1) is 15.4. The largest absolute Gasteiger partial charge is 0.329 e. The van der Waals surface area contributed by atoms with Crippen molar-refractivity contribution in [2.24, 2.45) is 0 Å². The summed E-state index contributed by atoms with van der Waals surface area (Å²) in [4.78, 5) is 4.10. The van der Waals surface area contributed by atoms with Crippen molar-refractivity contribution in [3.8, 4) is 0 Å². The predicted molar refractivity (Wildman–Crippen MR) is 79.8 cm³/mol. The summed E-state index contributed by atoms with van der Waals surface area (Å²) >= 11 is 5.84. The topological polar surface area (TPSA) is 52.0 Å². The van der Waals surface area contributed by atoms with Crippen LogP contribution in [0, 0.1) is 0 Å². The van der Waals surface area contributed by atoms with Gasteiger partial charge in [0.25, 0.3) is 9.05 Å². The van der Waals surface area contributed by atoms with Crippen LogP contribution in [-0.4, -0.2) is 18.0 Å². The molecule has 7 heteroatoms. The summed E-state index contributed by atoms with van der Waals surface area (Å²) in [6.07, 6.45) is 3.04. The molecule has 0 saturated heterocycles. The Morgan fingerprint density at radius 1 is 1.25 bits per heavy atom. The fraction of sp³-hybridized carbons (Fsp3) is 0.308. The number of aromatic nitrogens is 2. The fourth-order valence-electron chi connectivity index (χ4n) is 1.89. The van der Waals surface area contributed by atoms with Crippen molar-refractivity contribution in [2.75, 3.05) is 0 Å². The van der Waals surface area contributed by atoms with Crippen LogP contribution in [0.2, 0.25) is 5.02 Å². The Bertz CT molecular complexity index is 694. The number of imidazole rings is 1. The van der Waals surface area contributed by atoms with Gasteiger partial charge in [-0.3, -0.25) is 0 Å². The van der Waals surface area contributed by atoms with Crippen LogP contribution in [0.15, 0.2) is 35.5 Å². The number of aryl methyl sites for hydroxylation is 1. The lowest BCUT2D eigenvalue weighted by Gasteiger charge is -2.07. The second-order valence-corrected chi connectivity index (χ2v) is 7.39. The first-order chi connectivity index (χ1) is 9.40. The normalized spacial score (nSPS) is 11.8. The smallest absolute Gasteiger partial charge is 0.280 e. The SMILES string of the molecule is CCCc1nc(S(=O)(=O)Cl)cn1Cc1ccc(Cl)cc1. The minimum atomic E-state index is -3.80. The molecule has 0 radical (unpaired) electrons. The van der Waals surface area contributed by atoms with Crippen molar-refractivity contribution in [1.29, 1.82) is 0 Å². The first-order valence-electron chi connectivity index (χ1n) is 6.15. The molecular formula is C13H14Cl2N2O2S. The molecule has 0 fully saturated rings. The average Bonchev–Trinajstić information content (AvgIpc) is 2.76. The van der Waals surface area contributed by atoms with E-state index in [1.165, 1.54) is 6.20 Å². The highest BCUT2D eigenvalue weighted by molar-refractivity contribution is 8.13. The summed E-state index contributed by atoms with van der Waals surface area (Å²) in [5.74, 6) is 0.710. The van der Waals surface area contributed by atoms with Crippen LogP contribution >= 0.6 is 22.3 Å². The van der Waals surface area contributed by atoms with E-state index in [4.69, 9.17) is 22.3 Å². The van der Waals surface area contributed by atoms with Gasteiger partial charge in [0, 0.05) is 34.9 Å². The third-order valence-electron chi connectivity index (χ3n) is 2.83. The Labute approximate surface area is 127 Å². The molecule has 1 heterocycles. The molecule has 0 atom stereocenters. The van der Waals surface area contributed by atoms with Gasteiger partial charge in [0.05, 0.1) is 0 Å². The quantitative estimate of drug-likeness (QED) is 0.788. The van der Waals surface area contributed by atoms with Gasteiger partial charge >= 0.3 is 0 Å². The van der Waals surface area contributed by atoms with Gasteiger partial charge in [-0.2, -0.15) is 0 Å². The van der Waals surface area contributed by atoms with E-state index in [1.807, 2.05) is 23.6 Å². The first-order valence-corrected chi connectivity index (χ1v) is 8.84. The van der Waals surface area contributed by atoms with E-state index in [-0.39, 0.29) is 5.03 Å². The summed E-state index contributed by atoms with van der Waals surface area (Å²) in [7, 11) is 1.54. The van der Waals surface area contributed by atoms with Crippen molar-refractivity contribution < 1.29 is 8.42 Å². The number of nitrogens with zero attached hydrogens (tertiary/aromatic N) is 2. The molecule has 1 aromatic heterocycles. The molecule has 0 aliphatic heterocycles. The van der Waals surface area contributed by atoms with E-state index in [0.29, 0.717) is 23.8 Å². The lowest BCUT2D eigenvalue weighted by molar-refractivity contribution is 0.606. The molecule has 4 nitrogen and oxygen atoms in total. The van der Waals surface area contributed by atoms with Crippen molar-refractivity contribution in [3.05, 3.63) is 46.9 Å². The zero-order valence-electron chi connectivity index (χ0n) is 10.9. The minimum absolute atomic E-state index is 0.100. The Morgan fingerprint density at radius 3 is 2.45 bits per heavy atom. The van der Waals surface area contributed by atoms with Crippen molar-refractivity contribution in [1.82, 2.24) is 9.55 Å². The van der Waals surface area contributed by atoms with E-state index >= 15 is 0 Å². The number of hydrogen-bond donors (Lipinski definition) is 0. The van der Waals surface area contributed by atoms with Crippen molar-refractivity contribution in [2.45, 2.75) is 31.3 Å². The molecule has 0 aliphatic rings. The lowest BCUT2D eigenvalue weighted by atomic mass is 10.2. The van der Waals surface area contributed by atoms with Gasteiger partial charge in [0.15, 0.2) is 5.03 Å². The highest BCUT2D eigenvalue weighted by atomic mass is 35.7. The summed E-state index contributed by atoms with van der Waals surface area (Å²) in [5, 5.41) is 0.564. The lowest BCUT2D eigenvalue weighted by Crippen LogP contribution is -2.03. The molecule has 0 bridgehead atoms. The van der Waals surface area contributed by atoms with Crippen molar-refractivity contribution in [3.63, 3.8) is 0 Å². The molecule has 1 aromatic carbocycles. The highest BCUT2D eigenvalue weighted by Crippen LogP contribution is 2.18. The van der Waals surface area contributed by atoms with Crippen LogP contribution in [-0.2, 0) is 22.0 Å². The molecule has 0 aliphatic carbocycles. The Morgan fingerprint density at radius 2 is 1.90 bits per heavy atom. The molecule has 0 amide bonds. The van der Waals surface area contributed by atoms with E-state index < -0.39 is 9.05 Å². The fourth-order valence-corrected chi connectivity index (χ4v) is 2.71. The maximum Gasteiger partial charge on any atom is 0.280 e. The van der Waals surface area contributed by atoms with Crippen molar-refractivity contribution >= 4 is 31.3 Å². The monoisotopic (exact) mass is 332 g/mol. The van der Waals surface area contributed by atoms with Crippen LogP contribution < -0.4 is 0 Å². The number of hydrogen-bond acceptors (Lipinski definition) is 3.